The van der Waals surface area contributed by atoms with E-state index in [9.17, 15) is 0 Å². The van der Waals surface area contributed by atoms with Crippen LogP contribution in [0.15, 0.2) is 30.6 Å². The smallest absolute Gasteiger partial charge is 0.399 e. The van der Waals surface area contributed by atoms with Gasteiger partial charge >= 0.3 is 7.12 Å². The molecule has 1 aromatic heterocycles. The topological polar surface area (TPSA) is 49.2 Å². The van der Waals surface area contributed by atoms with Gasteiger partial charge in [-0.15, -0.1) is 0 Å². The van der Waals surface area contributed by atoms with Gasteiger partial charge in [0, 0.05) is 12.3 Å². The molecule has 3 heterocycles. The highest BCUT2D eigenvalue weighted by Gasteiger charge is 2.51. The lowest BCUT2D eigenvalue weighted by atomic mass is 9.78. The summed E-state index contributed by atoms with van der Waals surface area (Å²) in [6.07, 6.45) is 2.59. The maximum absolute atomic E-state index is 6.11. The zero-order valence-corrected chi connectivity index (χ0v) is 14.1. The standard InChI is InChI=1S/C17H22BN3O2/c1-16(2)17(3,4)23-18(22-16)14-7-5-12(6-8-14)13-9-15-19-11-20-21(15)10-13/h5-8,11,13H,9-10H2,1-4H3. The molecular formula is C17H22BN3O2. The molecule has 5 nitrogen and oxygen atoms in total. The Morgan fingerprint density at radius 1 is 1.09 bits per heavy atom. The molecule has 0 amide bonds. The average molecular weight is 311 g/mol. The first kappa shape index (κ1) is 14.9. The molecule has 0 bridgehead atoms. The van der Waals surface area contributed by atoms with Gasteiger partial charge in [0.15, 0.2) is 0 Å². The molecule has 1 unspecified atom stereocenters. The number of hydrogen-bond donors (Lipinski definition) is 0. The second-order valence-corrected chi connectivity index (χ2v) is 7.51. The maximum Gasteiger partial charge on any atom is 0.494 e. The Labute approximate surface area is 137 Å². The van der Waals surface area contributed by atoms with Gasteiger partial charge in [-0.3, -0.25) is 0 Å². The molecule has 0 saturated carbocycles. The Kier molecular flexibility index (Phi) is 3.19. The summed E-state index contributed by atoms with van der Waals surface area (Å²) in [4.78, 5) is 4.30. The van der Waals surface area contributed by atoms with Gasteiger partial charge in [0.1, 0.15) is 12.2 Å². The van der Waals surface area contributed by atoms with Crippen molar-refractivity contribution in [1.82, 2.24) is 14.8 Å². The van der Waals surface area contributed by atoms with E-state index in [2.05, 4.69) is 62.0 Å². The summed E-state index contributed by atoms with van der Waals surface area (Å²) in [5, 5.41) is 4.25. The summed E-state index contributed by atoms with van der Waals surface area (Å²) in [7, 11) is -0.297. The van der Waals surface area contributed by atoms with E-state index < -0.39 is 0 Å². The highest BCUT2D eigenvalue weighted by Crippen LogP contribution is 2.36. The molecule has 0 spiro atoms. The summed E-state index contributed by atoms with van der Waals surface area (Å²) in [6.45, 7) is 9.22. The lowest BCUT2D eigenvalue weighted by Crippen LogP contribution is -2.41. The number of aromatic nitrogens is 3. The molecule has 4 rings (SSSR count). The molecule has 0 radical (unpaired) electrons. The zero-order valence-electron chi connectivity index (χ0n) is 14.1. The molecule has 1 saturated heterocycles. The predicted octanol–water partition coefficient (Wildman–Crippen LogP) is 1.92. The van der Waals surface area contributed by atoms with Crippen molar-refractivity contribution in [3.05, 3.63) is 42.0 Å². The van der Waals surface area contributed by atoms with Crippen molar-refractivity contribution in [2.24, 2.45) is 0 Å². The lowest BCUT2D eigenvalue weighted by molar-refractivity contribution is 0.00578. The second-order valence-electron chi connectivity index (χ2n) is 7.51. The van der Waals surface area contributed by atoms with Crippen LogP contribution in [-0.4, -0.2) is 33.1 Å². The Morgan fingerprint density at radius 2 is 1.74 bits per heavy atom. The molecule has 6 heteroatoms. The van der Waals surface area contributed by atoms with Crippen LogP contribution in [-0.2, 0) is 22.3 Å². The van der Waals surface area contributed by atoms with E-state index in [1.807, 2.05) is 4.68 Å². The van der Waals surface area contributed by atoms with Crippen LogP contribution in [0.1, 0.15) is 45.0 Å². The van der Waals surface area contributed by atoms with E-state index in [0.29, 0.717) is 5.92 Å². The van der Waals surface area contributed by atoms with Gasteiger partial charge in [-0.2, -0.15) is 5.10 Å². The van der Waals surface area contributed by atoms with Crippen LogP contribution >= 0.6 is 0 Å². The van der Waals surface area contributed by atoms with Crippen molar-refractivity contribution in [2.45, 2.75) is 57.8 Å². The third kappa shape index (κ3) is 2.41. The minimum absolute atomic E-state index is 0.297. The fourth-order valence-electron chi connectivity index (χ4n) is 3.22. The first-order valence-corrected chi connectivity index (χ1v) is 8.18. The Balaban J connectivity index is 1.50. The molecule has 2 aliphatic rings. The van der Waals surface area contributed by atoms with E-state index in [0.717, 1.165) is 24.3 Å². The summed E-state index contributed by atoms with van der Waals surface area (Å²) in [5.41, 5.74) is 1.78. The van der Waals surface area contributed by atoms with Crippen LogP contribution in [0.2, 0.25) is 0 Å². The summed E-state index contributed by atoms with van der Waals surface area (Å²) in [6, 6.07) is 8.59. The number of rotatable bonds is 2. The molecule has 2 aliphatic heterocycles. The molecule has 0 N–H and O–H groups in total. The highest BCUT2D eigenvalue weighted by atomic mass is 16.7. The minimum Gasteiger partial charge on any atom is -0.399 e. The molecule has 23 heavy (non-hydrogen) atoms. The number of nitrogens with zero attached hydrogens (tertiary/aromatic N) is 3. The number of benzene rings is 1. The van der Waals surface area contributed by atoms with E-state index in [-0.39, 0.29) is 18.3 Å². The van der Waals surface area contributed by atoms with Gasteiger partial charge in [-0.25, -0.2) is 9.67 Å². The summed E-state index contributed by atoms with van der Waals surface area (Å²) in [5.74, 6) is 1.53. The minimum atomic E-state index is -0.303. The van der Waals surface area contributed by atoms with Gasteiger partial charge in [0.25, 0.3) is 0 Å². The van der Waals surface area contributed by atoms with Crippen LogP contribution in [0, 0.1) is 0 Å². The molecule has 1 atom stereocenters. The maximum atomic E-state index is 6.11. The largest absolute Gasteiger partial charge is 0.494 e. The van der Waals surface area contributed by atoms with E-state index >= 15 is 0 Å². The van der Waals surface area contributed by atoms with E-state index in [1.54, 1.807) is 6.33 Å². The third-order valence-electron chi connectivity index (χ3n) is 5.45. The Morgan fingerprint density at radius 3 is 2.35 bits per heavy atom. The molecule has 0 aliphatic carbocycles. The summed E-state index contributed by atoms with van der Waals surface area (Å²) < 4.78 is 14.2. The molecule has 120 valence electrons. The predicted molar refractivity (Wildman–Crippen MR) is 88.6 cm³/mol. The monoisotopic (exact) mass is 311 g/mol. The average Bonchev–Trinajstić information content (AvgIpc) is 3.12. The zero-order chi connectivity index (χ0) is 16.2. The summed E-state index contributed by atoms with van der Waals surface area (Å²) >= 11 is 0. The number of hydrogen-bond acceptors (Lipinski definition) is 4. The van der Waals surface area contributed by atoms with Crippen LogP contribution in [0.5, 0.6) is 0 Å². The normalized spacial score (nSPS) is 24.9. The molecule has 1 aromatic carbocycles. The van der Waals surface area contributed by atoms with Gasteiger partial charge in [0.2, 0.25) is 0 Å². The quantitative estimate of drug-likeness (QED) is 0.795. The molecule has 2 aromatic rings. The highest BCUT2D eigenvalue weighted by molar-refractivity contribution is 6.62. The van der Waals surface area contributed by atoms with Crippen molar-refractivity contribution in [3.8, 4) is 0 Å². The van der Waals surface area contributed by atoms with Crippen molar-refractivity contribution in [2.75, 3.05) is 0 Å². The van der Waals surface area contributed by atoms with Crippen LogP contribution in [0.3, 0.4) is 0 Å². The van der Waals surface area contributed by atoms with E-state index in [1.165, 1.54) is 5.56 Å². The first-order chi connectivity index (χ1) is 10.9. The molecule has 1 fully saturated rings. The third-order valence-corrected chi connectivity index (χ3v) is 5.45. The van der Waals surface area contributed by atoms with Crippen molar-refractivity contribution in [1.29, 1.82) is 0 Å². The van der Waals surface area contributed by atoms with Crippen molar-refractivity contribution >= 4 is 12.6 Å². The fraction of sp³-hybridized carbons (Fsp3) is 0.529. The van der Waals surface area contributed by atoms with Gasteiger partial charge in [0.05, 0.1) is 17.7 Å². The Bertz CT molecular complexity index is 687. The van der Waals surface area contributed by atoms with E-state index in [4.69, 9.17) is 9.31 Å². The van der Waals surface area contributed by atoms with Gasteiger partial charge in [-0.1, -0.05) is 24.3 Å². The van der Waals surface area contributed by atoms with Crippen molar-refractivity contribution in [3.63, 3.8) is 0 Å². The second kappa shape index (κ2) is 4.92. The molecular weight excluding hydrogens is 289 g/mol. The van der Waals surface area contributed by atoms with Crippen molar-refractivity contribution < 1.29 is 9.31 Å². The number of fused-ring (bicyclic) bond motifs is 1. The van der Waals surface area contributed by atoms with Crippen LogP contribution < -0.4 is 5.46 Å². The van der Waals surface area contributed by atoms with Gasteiger partial charge in [-0.05, 0) is 38.7 Å². The first-order valence-electron chi connectivity index (χ1n) is 8.18. The Hall–Kier alpha value is -1.66. The lowest BCUT2D eigenvalue weighted by Gasteiger charge is -2.32. The van der Waals surface area contributed by atoms with Crippen LogP contribution in [0.4, 0.5) is 0 Å². The SMILES string of the molecule is CC1(C)OB(c2ccc(C3Cc4ncnn4C3)cc2)OC1(C)C. The van der Waals surface area contributed by atoms with Gasteiger partial charge < -0.3 is 9.31 Å². The van der Waals surface area contributed by atoms with Crippen LogP contribution in [0.25, 0.3) is 0 Å². The fourth-order valence-corrected chi connectivity index (χ4v) is 3.22.